The molecule has 1 fully saturated rings. The first kappa shape index (κ1) is 17.7. The van der Waals surface area contributed by atoms with Crippen LogP contribution in [-0.4, -0.2) is 72.4 Å². The van der Waals surface area contributed by atoms with E-state index in [4.69, 9.17) is 9.72 Å². The molecule has 2 N–H and O–H groups in total. The fraction of sp³-hybridized carbons (Fsp3) is 0.316. The van der Waals surface area contributed by atoms with E-state index in [0.717, 1.165) is 44.0 Å². The lowest BCUT2D eigenvalue weighted by Gasteiger charge is -2.26. The lowest BCUT2D eigenvalue weighted by molar-refractivity contribution is 0.0364. The van der Waals surface area contributed by atoms with Crippen molar-refractivity contribution in [2.45, 2.75) is 6.54 Å². The Hall–Kier alpha value is -3.37. The van der Waals surface area contributed by atoms with E-state index in [1.165, 1.54) is 0 Å². The van der Waals surface area contributed by atoms with Crippen LogP contribution < -0.4 is 5.69 Å². The Morgan fingerprint density at radius 2 is 1.86 bits per heavy atom. The maximum Gasteiger partial charge on any atom is 0.328 e. The number of benzene rings is 1. The first-order chi connectivity index (χ1) is 14.3. The quantitative estimate of drug-likeness (QED) is 0.518. The Kier molecular flexibility index (Phi) is 4.62. The highest BCUT2D eigenvalue weighted by atomic mass is 16.5. The number of imidazole rings is 1. The van der Waals surface area contributed by atoms with E-state index in [1.54, 1.807) is 17.1 Å². The zero-order valence-corrected chi connectivity index (χ0v) is 15.7. The normalized spacial score (nSPS) is 15.2. The van der Waals surface area contributed by atoms with Crippen molar-refractivity contribution in [2.24, 2.45) is 0 Å². The van der Waals surface area contributed by atoms with Gasteiger partial charge in [0.1, 0.15) is 6.33 Å². The molecular weight excluding hydrogens is 372 g/mol. The molecule has 0 unspecified atom stereocenters. The van der Waals surface area contributed by atoms with E-state index in [-0.39, 0.29) is 5.69 Å². The van der Waals surface area contributed by atoms with Gasteiger partial charge in [0.2, 0.25) is 0 Å². The summed E-state index contributed by atoms with van der Waals surface area (Å²) in [6.45, 7) is 4.56. The van der Waals surface area contributed by atoms with Crippen LogP contribution in [0.4, 0.5) is 0 Å². The summed E-state index contributed by atoms with van der Waals surface area (Å²) in [5.74, 6) is 0.709. The lowest BCUT2D eigenvalue weighted by atomic mass is 10.1. The van der Waals surface area contributed by atoms with E-state index < -0.39 is 0 Å². The first-order valence-electron chi connectivity index (χ1n) is 9.50. The average molecular weight is 392 g/mol. The van der Waals surface area contributed by atoms with Crippen molar-refractivity contribution in [1.29, 1.82) is 0 Å². The molecule has 4 heterocycles. The Labute approximate surface area is 165 Å². The van der Waals surface area contributed by atoms with Gasteiger partial charge in [0, 0.05) is 37.3 Å². The molecule has 0 saturated carbocycles. The van der Waals surface area contributed by atoms with E-state index in [2.05, 4.69) is 30.0 Å². The molecule has 3 aromatic heterocycles. The van der Waals surface area contributed by atoms with Gasteiger partial charge in [-0.15, -0.1) is 10.2 Å². The summed E-state index contributed by atoms with van der Waals surface area (Å²) in [5, 5.41) is 7.82. The summed E-state index contributed by atoms with van der Waals surface area (Å²) >= 11 is 0. The van der Waals surface area contributed by atoms with Crippen LogP contribution in [0.25, 0.3) is 33.9 Å². The molecule has 1 aromatic carbocycles. The van der Waals surface area contributed by atoms with Crippen molar-refractivity contribution in [2.75, 3.05) is 32.8 Å². The number of rotatable bonds is 5. The third-order valence-corrected chi connectivity index (χ3v) is 5.09. The minimum Gasteiger partial charge on any atom is -0.379 e. The predicted octanol–water partition coefficient (Wildman–Crippen LogP) is 0.904. The van der Waals surface area contributed by atoms with Crippen LogP contribution in [0.2, 0.25) is 0 Å². The summed E-state index contributed by atoms with van der Waals surface area (Å²) in [6.07, 6.45) is 3.22. The molecule has 1 aliphatic heterocycles. The van der Waals surface area contributed by atoms with Gasteiger partial charge in [0.25, 0.3) is 0 Å². The van der Waals surface area contributed by atoms with E-state index in [0.29, 0.717) is 29.4 Å². The van der Waals surface area contributed by atoms with Crippen LogP contribution in [0.5, 0.6) is 0 Å². The van der Waals surface area contributed by atoms with Crippen LogP contribution in [0.3, 0.4) is 0 Å². The van der Waals surface area contributed by atoms with Gasteiger partial charge in [0.15, 0.2) is 17.1 Å². The van der Waals surface area contributed by atoms with Gasteiger partial charge in [0.05, 0.1) is 25.1 Å². The van der Waals surface area contributed by atoms with Gasteiger partial charge in [-0.2, -0.15) is 0 Å². The summed E-state index contributed by atoms with van der Waals surface area (Å²) in [6, 6.07) is 7.81. The molecule has 0 radical (unpaired) electrons. The Balaban J connectivity index is 1.42. The molecule has 0 spiro atoms. The van der Waals surface area contributed by atoms with Crippen LogP contribution in [0, 0.1) is 0 Å². The second-order valence-electron chi connectivity index (χ2n) is 6.88. The maximum atomic E-state index is 12.4. The molecule has 0 atom stereocenters. The number of ether oxygens (including phenoxy) is 1. The Bertz CT molecular complexity index is 1160. The zero-order chi connectivity index (χ0) is 19.6. The molecule has 0 amide bonds. The van der Waals surface area contributed by atoms with Crippen molar-refractivity contribution in [3.8, 4) is 22.6 Å². The molecule has 0 aliphatic carbocycles. The van der Waals surface area contributed by atoms with E-state index in [1.807, 2.05) is 24.3 Å². The number of aromatic nitrogens is 7. The van der Waals surface area contributed by atoms with Gasteiger partial charge < -0.3 is 9.72 Å². The molecular formula is C19H20N8O2. The van der Waals surface area contributed by atoms with Gasteiger partial charge in [-0.05, 0) is 0 Å². The Morgan fingerprint density at radius 3 is 2.62 bits per heavy atom. The minimum absolute atomic E-state index is 0.189. The summed E-state index contributed by atoms with van der Waals surface area (Å²) in [4.78, 5) is 29.6. The van der Waals surface area contributed by atoms with Crippen molar-refractivity contribution in [3.63, 3.8) is 0 Å². The monoisotopic (exact) mass is 392 g/mol. The second-order valence-corrected chi connectivity index (χ2v) is 6.88. The highest BCUT2D eigenvalue weighted by Gasteiger charge is 2.15. The van der Waals surface area contributed by atoms with Crippen molar-refractivity contribution in [1.82, 2.24) is 39.6 Å². The van der Waals surface area contributed by atoms with Crippen LogP contribution >= 0.6 is 0 Å². The standard InChI is InChI=1S/C19H20N8O2/c28-19-24-17-18(27(19)6-5-26-7-9-29-10-8-26)23-15(11-20-17)13-1-3-14(4-2-13)16-21-12-22-25-16/h1-4,11-12H,5-10H2,(H,20,24,28)(H,21,22,25). The number of nitrogens with zero attached hydrogens (tertiary/aromatic N) is 6. The second kappa shape index (κ2) is 7.57. The molecule has 29 heavy (non-hydrogen) atoms. The molecule has 148 valence electrons. The number of hydrogen-bond donors (Lipinski definition) is 2. The predicted molar refractivity (Wildman–Crippen MR) is 106 cm³/mol. The number of fused-ring (bicyclic) bond motifs is 1. The minimum atomic E-state index is -0.189. The van der Waals surface area contributed by atoms with Crippen LogP contribution in [0.1, 0.15) is 0 Å². The zero-order valence-electron chi connectivity index (χ0n) is 15.7. The molecule has 10 heteroatoms. The fourth-order valence-corrected chi connectivity index (χ4v) is 3.48. The number of hydrogen-bond acceptors (Lipinski definition) is 7. The largest absolute Gasteiger partial charge is 0.379 e. The van der Waals surface area contributed by atoms with Gasteiger partial charge in [-0.1, -0.05) is 24.3 Å². The number of nitrogens with one attached hydrogen (secondary N) is 2. The Morgan fingerprint density at radius 1 is 1.07 bits per heavy atom. The average Bonchev–Trinajstić information content (AvgIpc) is 3.40. The summed E-state index contributed by atoms with van der Waals surface area (Å²) in [5.41, 5.74) is 3.44. The summed E-state index contributed by atoms with van der Waals surface area (Å²) < 4.78 is 7.04. The molecule has 0 bridgehead atoms. The number of H-pyrrole nitrogens is 2. The lowest BCUT2D eigenvalue weighted by Crippen LogP contribution is -2.39. The van der Waals surface area contributed by atoms with Gasteiger partial charge in [-0.25, -0.2) is 14.8 Å². The highest BCUT2D eigenvalue weighted by molar-refractivity contribution is 5.72. The molecule has 10 nitrogen and oxygen atoms in total. The molecule has 5 rings (SSSR count). The van der Waals surface area contributed by atoms with Crippen LogP contribution in [0.15, 0.2) is 41.6 Å². The van der Waals surface area contributed by atoms with Crippen molar-refractivity contribution in [3.05, 3.63) is 47.3 Å². The maximum absolute atomic E-state index is 12.4. The van der Waals surface area contributed by atoms with Gasteiger partial charge >= 0.3 is 5.69 Å². The van der Waals surface area contributed by atoms with Crippen LogP contribution in [-0.2, 0) is 11.3 Å². The van der Waals surface area contributed by atoms with E-state index in [9.17, 15) is 4.79 Å². The highest BCUT2D eigenvalue weighted by Crippen LogP contribution is 2.22. The molecule has 4 aromatic rings. The SMILES string of the molecule is O=c1[nH]c2ncc(-c3ccc(-c4nnc[nH]4)cc3)nc2n1CCN1CCOCC1. The molecule has 1 saturated heterocycles. The number of aromatic amines is 2. The van der Waals surface area contributed by atoms with E-state index >= 15 is 0 Å². The number of morpholine rings is 1. The third-order valence-electron chi connectivity index (χ3n) is 5.09. The first-order valence-corrected chi connectivity index (χ1v) is 9.50. The van der Waals surface area contributed by atoms with Gasteiger partial charge in [-0.3, -0.25) is 14.5 Å². The van der Waals surface area contributed by atoms with Crippen molar-refractivity contribution < 1.29 is 4.74 Å². The summed E-state index contributed by atoms with van der Waals surface area (Å²) in [7, 11) is 0. The topological polar surface area (TPSA) is 118 Å². The molecule has 1 aliphatic rings. The third kappa shape index (κ3) is 3.55. The van der Waals surface area contributed by atoms with Crippen molar-refractivity contribution >= 4 is 11.3 Å². The fourth-order valence-electron chi connectivity index (χ4n) is 3.48. The smallest absolute Gasteiger partial charge is 0.328 e.